The van der Waals surface area contributed by atoms with Crippen LogP contribution in [-0.4, -0.2) is 24.1 Å². The molecular formula is C62H47N5. The van der Waals surface area contributed by atoms with Crippen molar-refractivity contribution in [1.82, 2.24) is 24.1 Å². The summed E-state index contributed by atoms with van der Waals surface area (Å²) >= 11 is 0. The second-order valence-electron chi connectivity index (χ2n) is 19.5. The number of hydrogen-bond donors (Lipinski definition) is 0. The number of aromatic nitrogens is 5. The molecule has 12 aromatic rings. The number of para-hydroxylation sites is 2. The molecule has 5 heteroatoms. The third kappa shape index (κ3) is 6.11. The maximum Gasteiger partial charge on any atom is 0.238 e. The zero-order chi connectivity index (χ0) is 45.0. The third-order valence-electron chi connectivity index (χ3n) is 14.3. The molecule has 1 aliphatic carbocycles. The topological polar surface area (TPSA) is 48.5 Å². The van der Waals surface area contributed by atoms with Gasteiger partial charge in [-0.1, -0.05) is 198 Å². The molecule has 9 aromatic carbocycles. The zero-order valence-corrected chi connectivity index (χ0v) is 38.0. The van der Waals surface area contributed by atoms with Crippen molar-refractivity contribution in [3.8, 4) is 56.7 Å². The molecule has 0 N–H and O–H groups in total. The van der Waals surface area contributed by atoms with Crippen molar-refractivity contribution in [2.45, 2.75) is 44.9 Å². The van der Waals surface area contributed by atoms with Crippen LogP contribution in [0.5, 0.6) is 0 Å². The van der Waals surface area contributed by atoms with Crippen LogP contribution in [-0.2, 0) is 10.8 Å². The SMILES string of the molecule is CC1(C)CC(C)(C)c2c(-c3cccc(-c4ccc(-n5c6ccccc6c6ccc7c8ccccc8n(-c8nc(-c9ccccc9)nc(-c9cccc%10ccccc9%10)n8)c7c65)cc4)c3)cccc21. The summed E-state index contributed by atoms with van der Waals surface area (Å²) in [6.45, 7) is 9.60. The fraction of sp³-hybridized carbons (Fsp3) is 0.113. The first-order chi connectivity index (χ1) is 32.7. The fourth-order valence-electron chi connectivity index (χ4n) is 11.7. The molecule has 5 nitrogen and oxygen atoms in total. The predicted molar refractivity (Wildman–Crippen MR) is 278 cm³/mol. The highest BCUT2D eigenvalue weighted by Crippen LogP contribution is 2.53. The Kier molecular flexibility index (Phi) is 8.60. The number of fused-ring (bicyclic) bond motifs is 9. The van der Waals surface area contributed by atoms with E-state index in [0.717, 1.165) is 72.2 Å². The normalized spacial score (nSPS) is 14.1. The third-order valence-corrected chi connectivity index (χ3v) is 14.3. The highest BCUT2D eigenvalue weighted by molar-refractivity contribution is 6.23. The largest absolute Gasteiger partial charge is 0.307 e. The van der Waals surface area contributed by atoms with Crippen molar-refractivity contribution in [2.24, 2.45) is 0 Å². The number of rotatable bonds is 6. The Bertz CT molecular complexity index is 3940. The minimum absolute atomic E-state index is 0.0965. The van der Waals surface area contributed by atoms with Crippen molar-refractivity contribution in [1.29, 1.82) is 0 Å². The van der Waals surface area contributed by atoms with E-state index in [4.69, 9.17) is 15.0 Å². The summed E-state index contributed by atoms with van der Waals surface area (Å²) in [4.78, 5) is 16.0. The lowest BCUT2D eigenvalue weighted by Crippen LogP contribution is -2.18. The van der Waals surface area contributed by atoms with E-state index in [2.05, 4.69) is 219 Å². The molecule has 13 rings (SSSR count). The summed E-state index contributed by atoms with van der Waals surface area (Å²) < 4.78 is 4.71. The second-order valence-corrected chi connectivity index (χ2v) is 19.5. The Labute approximate surface area is 389 Å². The van der Waals surface area contributed by atoms with Gasteiger partial charge in [-0.15, -0.1) is 0 Å². The predicted octanol–water partition coefficient (Wildman–Crippen LogP) is 15.8. The van der Waals surface area contributed by atoms with Gasteiger partial charge in [0, 0.05) is 38.4 Å². The molecule has 0 amide bonds. The Hall–Kier alpha value is -8.15. The summed E-state index contributed by atoms with van der Waals surface area (Å²) in [5.41, 5.74) is 15.5. The Morgan fingerprint density at radius 1 is 0.388 bits per heavy atom. The smallest absolute Gasteiger partial charge is 0.238 e. The first-order valence-electron chi connectivity index (χ1n) is 23.3. The molecule has 0 spiro atoms. The monoisotopic (exact) mass is 861 g/mol. The van der Waals surface area contributed by atoms with Gasteiger partial charge in [-0.25, -0.2) is 4.98 Å². The van der Waals surface area contributed by atoms with Crippen molar-refractivity contribution in [3.63, 3.8) is 0 Å². The minimum Gasteiger partial charge on any atom is -0.307 e. The average Bonchev–Trinajstić information content (AvgIpc) is 3.96. The first-order valence-corrected chi connectivity index (χ1v) is 23.3. The lowest BCUT2D eigenvalue weighted by Gasteiger charge is -2.24. The maximum atomic E-state index is 5.42. The molecule has 67 heavy (non-hydrogen) atoms. The van der Waals surface area contributed by atoms with Gasteiger partial charge in [0.2, 0.25) is 5.95 Å². The lowest BCUT2D eigenvalue weighted by atomic mass is 9.80. The van der Waals surface area contributed by atoms with E-state index in [1.54, 1.807) is 0 Å². The van der Waals surface area contributed by atoms with Crippen LogP contribution < -0.4 is 0 Å². The molecule has 0 saturated heterocycles. The van der Waals surface area contributed by atoms with Gasteiger partial charge in [-0.05, 0) is 91.7 Å². The summed E-state index contributed by atoms with van der Waals surface area (Å²) in [5.74, 6) is 1.82. The van der Waals surface area contributed by atoms with Gasteiger partial charge in [-0.2, -0.15) is 9.97 Å². The highest BCUT2D eigenvalue weighted by Gasteiger charge is 2.43. The van der Waals surface area contributed by atoms with Gasteiger partial charge < -0.3 is 4.57 Å². The molecule has 0 unspecified atom stereocenters. The van der Waals surface area contributed by atoms with Crippen LogP contribution >= 0.6 is 0 Å². The van der Waals surface area contributed by atoms with Crippen LogP contribution in [0.25, 0.3) is 111 Å². The molecule has 0 saturated carbocycles. The molecule has 3 aromatic heterocycles. The maximum absolute atomic E-state index is 5.42. The van der Waals surface area contributed by atoms with E-state index < -0.39 is 0 Å². The molecule has 320 valence electrons. The Morgan fingerprint density at radius 3 is 1.72 bits per heavy atom. The van der Waals surface area contributed by atoms with Crippen molar-refractivity contribution in [3.05, 3.63) is 211 Å². The molecule has 0 radical (unpaired) electrons. The quantitative estimate of drug-likeness (QED) is 0.167. The highest BCUT2D eigenvalue weighted by atomic mass is 15.2. The van der Waals surface area contributed by atoms with E-state index >= 15 is 0 Å². The Balaban J connectivity index is 1.03. The van der Waals surface area contributed by atoms with Crippen LogP contribution in [0.1, 0.15) is 45.2 Å². The summed E-state index contributed by atoms with van der Waals surface area (Å²) in [7, 11) is 0. The standard InChI is InChI=1S/C62H47N5/c1-61(2)38-62(3,4)55-46(26-16-28-52(55)61)43-22-14-21-42(37-43)39-31-33-44(34-32-39)66-53-29-12-10-24-47(53)49-35-36-50-48-25-11-13-30-54(48)67(57(50)56(49)66)60-64-58(41-18-6-5-7-19-41)63-59(65-60)51-27-15-20-40-17-8-9-23-45(40)51/h5-37H,38H2,1-4H3. The molecule has 0 aliphatic heterocycles. The van der Waals surface area contributed by atoms with Gasteiger partial charge >= 0.3 is 0 Å². The lowest BCUT2D eigenvalue weighted by molar-refractivity contribution is 0.403. The molecule has 0 bridgehead atoms. The van der Waals surface area contributed by atoms with Gasteiger partial charge in [-0.3, -0.25) is 4.57 Å². The van der Waals surface area contributed by atoms with E-state index in [9.17, 15) is 0 Å². The summed E-state index contributed by atoms with van der Waals surface area (Å²) in [6.07, 6.45) is 1.14. The first kappa shape index (κ1) is 39.2. The van der Waals surface area contributed by atoms with Gasteiger partial charge in [0.1, 0.15) is 0 Å². The van der Waals surface area contributed by atoms with Gasteiger partial charge in [0.05, 0.1) is 22.1 Å². The van der Waals surface area contributed by atoms with Crippen LogP contribution in [0.15, 0.2) is 200 Å². The molecular weight excluding hydrogens is 815 g/mol. The van der Waals surface area contributed by atoms with Crippen LogP contribution in [0.2, 0.25) is 0 Å². The average molecular weight is 862 g/mol. The van der Waals surface area contributed by atoms with Crippen LogP contribution in [0.3, 0.4) is 0 Å². The zero-order valence-electron chi connectivity index (χ0n) is 38.0. The summed E-state index contributed by atoms with van der Waals surface area (Å²) in [6, 6.07) is 72.1. The molecule has 1 aliphatic rings. The van der Waals surface area contributed by atoms with Crippen LogP contribution in [0, 0.1) is 0 Å². The van der Waals surface area contributed by atoms with Crippen molar-refractivity contribution < 1.29 is 0 Å². The Morgan fingerprint density at radius 2 is 0.955 bits per heavy atom. The van der Waals surface area contributed by atoms with E-state index in [1.807, 2.05) is 18.2 Å². The summed E-state index contributed by atoms with van der Waals surface area (Å²) in [5, 5.41) is 6.85. The molecule has 0 fully saturated rings. The number of hydrogen-bond acceptors (Lipinski definition) is 3. The molecule has 3 heterocycles. The van der Waals surface area contributed by atoms with E-state index in [-0.39, 0.29) is 10.8 Å². The number of nitrogens with zero attached hydrogens (tertiary/aromatic N) is 5. The van der Waals surface area contributed by atoms with Crippen molar-refractivity contribution >= 4 is 54.4 Å². The van der Waals surface area contributed by atoms with Gasteiger partial charge in [0.25, 0.3) is 0 Å². The second kappa shape index (κ2) is 14.7. The van der Waals surface area contributed by atoms with Crippen molar-refractivity contribution in [2.75, 3.05) is 0 Å². The molecule has 0 atom stereocenters. The van der Waals surface area contributed by atoms with Gasteiger partial charge in [0.15, 0.2) is 11.6 Å². The minimum atomic E-state index is 0.0965. The number of benzene rings is 9. The fourth-order valence-corrected chi connectivity index (χ4v) is 11.7. The van der Waals surface area contributed by atoms with E-state index in [0.29, 0.717) is 17.6 Å². The van der Waals surface area contributed by atoms with E-state index in [1.165, 1.54) is 38.8 Å². The van der Waals surface area contributed by atoms with Crippen LogP contribution in [0.4, 0.5) is 0 Å².